The average Bonchev–Trinajstić information content (AvgIpc) is 3.03. The van der Waals surface area contributed by atoms with Crippen molar-refractivity contribution in [3.05, 3.63) is 34.1 Å². The van der Waals surface area contributed by atoms with E-state index in [0.29, 0.717) is 12.2 Å². The molecular formula is C19H21BrF3N7. The Morgan fingerprint density at radius 3 is 2.63 bits per heavy atom. The summed E-state index contributed by atoms with van der Waals surface area (Å²) in [5.41, 5.74) is 8.69. The van der Waals surface area contributed by atoms with E-state index >= 15 is 0 Å². The summed E-state index contributed by atoms with van der Waals surface area (Å²) in [5, 5.41) is 3.15. The Morgan fingerprint density at radius 1 is 1.27 bits per heavy atom. The van der Waals surface area contributed by atoms with Gasteiger partial charge in [0, 0.05) is 48.6 Å². The van der Waals surface area contributed by atoms with Crippen molar-refractivity contribution >= 4 is 44.5 Å². The lowest BCUT2D eigenvalue weighted by Crippen LogP contribution is -2.43. The summed E-state index contributed by atoms with van der Waals surface area (Å²) >= 11 is 3.50. The van der Waals surface area contributed by atoms with E-state index in [1.165, 1.54) is 0 Å². The molecule has 1 atom stereocenters. The maximum absolute atomic E-state index is 12.7. The standard InChI is InChI=1S/C19H21BrF3N7/c1-10-15(24)13(20)6-14-16(10)28-18(29(14)2)30-5-3-4-12(9-30)27-17-25-7-11(8-26-17)19(21,22)23/h6-8,12H,3-5,9,24H2,1-2H3,(H,25,26,27). The zero-order valence-corrected chi connectivity index (χ0v) is 18.0. The molecule has 7 nitrogen and oxygen atoms in total. The number of aryl methyl sites for hydroxylation is 2. The Kier molecular flexibility index (Phi) is 5.25. The Balaban J connectivity index is 1.54. The van der Waals surface area contributed by atoms with Gasteiger partial charge in [0.05, 0.1) is 22.3 Å². The van der Waals surface area contributed by atoms with Gasteiger partial charge >= 0.3 is 6.18 Å². The fraction of sp³-hybridized carbons (Fsp3) is 0.421. The molecule has 11 heteroatoms. The second-order valence-corrected chi connectivity index (χ2v) is 8.31. The number of nitrogen functional groups attached to an aromatic ring is 1. The zero-order valence-electron chi connectivity index (χ0n) is 16.5. The van der Waals surface area contributed by atoms with Crippen LogP contribution in [0.25, 0.3) is 11.0 Å². The number of aromatic nitrogens is 4. The fourth-order valence-corrected chi connectivity index (χ4v) is 4.25. The highest BCUT2D eigenvalue weighted by atomic mass is 79.9. The van der Waals surface area contributed by atoms with Crippen molar-refractivity contribution in [2.24, 2.45) is 7.05 Å². The largest absolute Gasteiger partial charge is 0.419 e. The molecular weight excluding hydrogens is 463 g/mol. The monoisotopic (exact) mass is 483 g/mol. The molecule has 1 unspecified atom stereocenters. The van der Waals surface area contributed by atoms with E-state index in [4.69, 9.17) is 10.7 Å². The quantitative estimate of drug-likeness (QED) is 0.545. The van der Waals surface area contributed by atoms with Crippen LogP contribution in [-0.2, 0) is 13.2 Å². The van der Waals surface area contributed by atoms with E-state index in [0.717, 1.165) is 58.8 Å². The Hall–Kier alpha value is -2.56. The van der Waals surface area contributed by atoms with Gasteiger partial charge in [-0.05, 0) is 41.8 Å². The van der Waals surface area contributed by atoms with Gasteiger partial charge in [-0.3, -0.25) is 0 Å². The molecule has 3 N–H and O–H groups in total. The van der Waals surface area contributed by atoms with Crippen LogP contribution >= 0.6 is 15.9 Å². The number of alkyl halides is 3. The summed E-state index contributed by atoms with van der Waals surface area (Å²) in [4.78, 5) is 14.6. The predicted molar refractivity (Wildman–Crippen MR) is 113 cm³/mol. The van der Waals surface area contributed by atoms with Crippen molar-refractivity contribution in [1.29, 1.82) is 0 Å². The Bertz CT molecular complexity index is 1080. The summed E-state index contributed by atoms with van der Waals surface area (Å²) in [6.07, 6.45) is -1.08. The maximum Gasteiger partial charge on any atom is 0.419 e. The van der Waals surface area contributed by atoms with Crippen LogP contribution < -0.4 is 16.0 Å². The molecule has 4 rings (SSSR count). The Morgan fingerprint density at radius 2 is 1.97 bits per heavy atom. The summed E-state index contributed by atoms with van der Waals surface area (Å²) in [7, 11) is 1.96. The van der Waals surface area contributed by atoms with Crippen LogP contribution in [0.2, 0.25) is 0 Å². The molecule has 1 aliphatic rings. The minimum atomic E-state index is -4.45. The molecule has 1 fully saturated rings. The fourth-order valence-electron chi connectivity index (χ4n) is 3.74. The third kappa shape index (κ3) is 3.78. The van der Waals surface area contributed by atoms with Gasteiger partial charge in [0.1, 0.15) is 0 Å². The molecule has 0 radical (unpaired) electrons. The van der Waals surface area contributed by atoms with Crippen molar-refractivity contribution in [3.8, 4) is 0 Å². The topological polar surface area (TPSA) is 84.9 Å². The van der Waals surface area contributed by atoms with Crippen LogP contribution in [0.4, 0.5) is 30.8 Å². The molecule has 30 heavy (non-hydrogen) atoms. The van der Waals surface area contributed by atoms with Crippen LogP contribution in [-0.4, -0.2) is 38.7 Å². The molecule has 3 heterocycles. The number of hydrogen-bond acceptors (Lipinski definition) is 6. The van der Waals surface area contributed by atoms with E-state index in [1.807, 2.05) is 24.6 Å². The second-order valence-electron chi connectivity index (χ2n) is 7.46. The molecule has 0 spiro atoms. The average molecular weight is 484 g/mol. The lowest BCUT2D eigenvalue weighted by Gasteiger charge is -2.33. The van der Waals surface area contributed by atoms with Crippen molar-refractivity contribution in [3.63, 3.8) is 0 Å². The normalized spacial score (nSPS) is 17.5. The number of nitrogens with two attached hydrogens (primary N) is 1. The van der Waals surface area contributed by atoms with E-state index in [1.54, 1.807) is 0 Å². The minimum Gasteiger partial charge on any atom is -0.398 e. The van der Waals surface area contributed by atoms with Gasteiger partial charge in [0.25, 0.3) is 0 Å². The first-order valence-electron chi connectivity index (χ1n) is 9.47. The number of nitrogens with one attached hydrogen (secondary N) is 1. The van der Waals surface area contributed by atoms with E-state index in [2.05, 4.69) is 36.1 Å². The summed E-state index contributed by atoms with van der Waals surface area (Å²) in [5.74, 6) is 1.01. The number of hydrogen-bond donors (Lipinski definition) is 2. The van der Waals surface area contributed by atoms with Gasteiger partial charge in [0.2, 0.25) is 11.9 Å². The molecule has 0 bridgehead atoms. The van der Waals surface area contributed by atoms with E-state index in [9.17, 15) is 13.2 Å². The number of benzene rings is 1. The summed E-state index contributed by atoms with van der Waals surface area (Å²) in [6.45, 7) is 3.41. The molecule has 0 saturated carbocycles. The summed E-state index contributed by atoms with van der Waals surface area (Å²) in [6, 6.07) is 1.96. The molecule has 2 aromatic heterocycles. The third-order valence-corrected chi connectivity index (χ3v) is 6.07. The highest BCUT2D eigenvalue weighted by Gasteiger charge is 2.31. The van der Waals surface area contributed by atoms with Crippen LogP contribution in [0.1, 0.15) is 24.0 Å². The van der Waals surface area contributed by atoms with Crippen molar-refractivity contribution in [2.45, 2.75) is 32.0 Å². The highest BCUT2D eigenvalue weighted by Crippen LogP contribution is 2.33. The van der Waals surface area contributed by atoms with Crippen LogP contribution in [0, 0.1) is 6.92 Å². The number of imidazole rings is 1. The van der Waals surface area contributed by atoms with Gasteiger partial charge in [0.15, 0.2) is 0 Å². The van der Waals surface area contributed by atoms with Gasteiger partial charge in [-0.15, -0.1) is 0 Å². The van der Waals surface area contributed by atoms with Gasteiger partial charge in [-0.2, -0.15) is 13.2 Å². The lowest BCUT2D eigenvalue weighted by molar-refractivity contribution is -0.138. The lowest BCUT2D eigenvalue weighted by atomic mass is 10.1. The number of fused-ring (bicyclic) bond motifs is 1. The number of rotatable bonds is 3. The van der Waals surface area contributed by atoms with Crippen molar-refractivity contribution < 1.29 is 13.2 Å². The smallest absolute Gasteiger partial charge is 0.398 e. The number of nitrogens with zero attached hydrogens (tertiary/aromatic N) is 5. The number of anilines is 3. The van der Waals surface area contributed by atoms with Gasteiger partial charge in [-0.25, -0.2) is 15.0 Å². The minimum absolute atomic E-state index is 0.00629. The maximum atomic E-state index is 12.7. The Labute approximate surface area is 179 Å². The first-order valence-corrected chi connectivity index (χ1v) is 10.3. The first kappa shape index (κ1) is 20.7. The van der Waals surface area contributed by atoms with Gasteiger partial charge < -0.3 is 20.5 Å². The van der Waals surface area contributed by atoms with Crippen LogP contribution in [0.5, 0.6) is 0 Å². The van der Waals surface area contributed by atoms with E-state index < -0.39 is 11.7 Å². The van der Waals surface area contributed by atoms with Gasteiger partial charge in [-0.1, -0.05) is 0 Å². The third-order valence-electron chi connectivity index (χ3n) is 5.41. The molecule has 0 amide bonds. The second kappa shape index (κ2) is 7.60. The predicted octanol–water partition coefficient (Wildman–Crippen LogP) is 4.12. The highest BCUT2D eigenvalue weighted by molar-refractivity contribution is 9.10. The molecule has 3 aromatic rings. The number of halogens is 4. The van der Waals surface area contributed by atoms with Crippen molar-refractivity contribution in [1.82, 2.24) is 19.5 Å². The summed E-state index contributed by atoms with van der Waals surface area (Å²) < 4.78 is 40.9. The molecule has 0 aliphatic carbocycles. The first-order chi connectivity index (χ1) is 14.1. The molecule has 1 aromatic carbocycles. The van der Waals surface area contributed by atoms with Crippen LogP contribution in [0.3, 0.4) is 0 Å². The zero-order chi connectivity index (χ0) is 21.6. The molecule has 1 aliphatic heterocycles. The van der Waals surface area contributed by atoms with Crippen molar-refractivity contribution in [2.75, 3.05) is 29.0 Å². The molecule has 160 valence electrons. The SMILES string of the molecule is Cc1c(N)c(Br)cc2c1nc(N1CCCC(Nc3ncc(C(F)(F)F)cn3)C1)n2C. The van der Waals surface area contributed by atoms with Crippen LogP contribution in [0.15, 0.2) is 22.9 Å². The molecule has 1 saturated heterocycles. The van der Waals surface area contributed by atoms with E-state index in [-0.39, 0.29) is 12.0 Å². The number of piperidine rings is 1.